The molecule has 0 bridgehead atoms. The molecule has 0 spiro atoms. The first kappa shape index (κ1) is 27.9. The number of hydrogen-bond donors (Lipinski definition) is 0. The average Bonchev–Trinajstić information content (AvgIpc) is 3.40. The molecule has 8 aromatic carbocycles. The molecule has 1 aliphatic rings. The Morgan fingerprint density at radius 2 is 0.857 bits per heavy atom. The molecule has 1 heterocycles. The zero-order valence-corrected chi connectivity index (χ0v) is 27.3. The predicted molar refractivity (Wildman–Crippen MR) is 204 cm³/mol. The number of aromatic nitrogens is 3. The summed E-state index contributed by atoms with van der Waals surface area (Å²) in [7, 11) is 0. The first-order valence-corrected chi connectivity index (χ1v) is 16.9. The second kappa shape index (κ2) is 10.4. The third-order valence-electron chi connectivity index (χ3n) is 10.5. The van der Waals surface area contributed by atoms with Gasteiger partial charge >= 0.3 is 0 Å². The van der Waals surface area contributed by atoms with Crippen LogP contribution < -0.4 is 0 Å². The Kier molecular flexibility index (Phi) is 5.92. The molecule has 0 fully saturated rings. The number of nitrogens with zero attached hydrogens (tertiary/aromatic N) is 3. The van der Waals surface area contributed by atoms with Gasteiger partial charge in [0, 0.05) is 22.1 Å². The lowest BCUT2D eigenvalue weighted by molar-refractivity contribution is 0.660. The van der Waals surface area contributed by atoms with Gasteiger partial charge in [-0.2, -0.15) is 0 Å². The van der Waals surface area contributed by atoms with E-state index in [1.165, 1.54) is 60.0 Å². The Bertz CT molecular complexity index is 2800. The minimum absolute atomic E-state index is 0.127. The lowest BCUT2D eigenvalue weighted by Crippen LogP contribution is -2.14. The number of fused-ring (bicyclic) bond motifs is 11. The summed E-state index contributed by atoms with van der Waals surface area (Å²) < 4.78 is 0. The second-order valence-electron chi connectivity index (χ2n) is 13.6. The maximum atomic E-state index is 5.37. The van der Waals surface area contributed by atoms with Crippen molar-refractivity contribution in [3.05, 3.63) is 163 Å². The molecule has 3 heteroatoms. The zero-order valence-electron chi connectivity index (χ0n) is 27.3. The van der Waals surface area contributed by atoms with E-state index in [4.69, 9.17) is 15.0 Å². The molecular formula is C46H31N3. The van der Waals surface area contributed by atoms with Gasteiger partial charge in [-0.05, 0) is 71.4 Å². The van der Waals surface area contributed by atoms with Crippen LogP contribution in [0.3, 0.4) is 0 Å². The van der Waals surface area contributed by atoms with Crippen LogP contribution >= 0.6 is 0 Å². The van der Waals surface area contributed by atoms with Gasteiger partial charge in [0.05, 0.1) is 0 Å². The SMILES string of the molecule is CC1(C)c2ccccc2-c2c(-c3nc(-c4ccccc4)nc(-c4cc5c6ccccc6c6ccccc6c5c5ccccc45)n3)cccc21. The molecule has 0 aliphatic heterocycles. The molecule has 1 aliphatic carbocycles. The summed E-state index contributed by atoms with van der Waals surface area (Å²) in [5.74, 6) is 2.01. The molecule has 0 amide bonds. The third kappa shape index (κ3) is 4.06. The van der Waals surface area contributed by atoms with Crippen LogP contribution in [0.1, 0.15) is 25.0 Å². The van der Waals surface area contributed by atoms with Crippen molar-refractivity contribution in [1.29, 1.82) is 0 Å². The smallest absolute Gasteiger partial charge is 0.164 e. The van der Waals surface area contributed by atoms with Crippen molar-refractivity contribution < 1.29 is 0 Å². The molecule has 230 valence electrons. The van der Waals surface area contributed by atoms with E-state index in [1.54, 1.807) is 0 Å². The van der Waals surface area contributed by atoms with Crippen molar-refractivity contribution >= 4 is 43.1 Å². The van der Waals surface area contributed by atoms with Crippen molar-refractivity contribution in [3.8, 4) is 45.3 Å². The molecule has 0 atom stereocenters. The van der Waals surface area contributed by atoms with Crippen LogP contribution in [0.5, 0.6) is 0 Å². The number of benzene rings is 8. The van der Waals surface area contributed by atoms with Gasteiger partial charge in [-0.25, -0.2) is 15.0 Å². The molecule has 10 rings (SSSR count). The van der Waals surface area contributed by atoms with Gasteiger partial charge < -0.3 is 0 Å². The van der Waals surface area contributed by atoms with E-state index >= 15 is 0 Å². The molecular weight excluding hydrogens is 595 g/mol. The van der Waals surface area contributed by atoms with Crippen LogP contribution in [0.2, 0.25) is 0 Å². The maximum Gasteiger partial charge on any atom is 0.164 e. The number of hydrogen-bond acceptors (Lipinski definition) is 3. The summed E-state index contributed by atoms with van der Waals surface area (Å²) in [5, 5.41) is 9.75. The van der Waals surface area contributed by atoms with E-state index in [9.17, 15) is 0 Å². The minimum atomic E-state index is -0.127. The monoisotopic (exact) mass is 625 g/mol. The highest BCUT2D eigenvalue weighted by Crippen LogP contribution is 2.52. The average molecular weight is 626 g/mol. The molecule has 49 heavy (non-hydrogen) atoms. The molecule has 0 saturated carbocycles. The Labute approximate surface area is 284 Å². The fraction of sp³-hybridized carbons (Fsp3) is 0.0652. The van der Waals surface area contributed by atoms with Crippen molar-refractivity contribution in [2.45, 2.75) is 19.3 Å². The molecule has 0 N–H and O–H groups in total. The summed E-state index contributed by atoms with van der Waals surface area (Å²) in [6, 6.07) is 54.1. The van der Waals surface area contributed by atoms with Crippen LogP contribution in [-0.2, 0) is 5.41 Å². The maximum absolute atomic E-state index is 5.37. The van der Waals surface area contributed by atoms with E-state index in [0.717, 1.165) is 22.1 Å². The molecule has 0 unspecified atom stereocenters. The summed E-state index contributed by atoms with van der Waals surface area (Å²) in [5.41, 5.74) is 7.94. The highest BCUT2D eigenvalue weighted by Gasteiger charge is 2.37. The Balaban J connectivity index is 1.32. The van der Waals surface area contributed by atoms with Gasteiger partial charge in [0.25, 0.3) is 0 Å². The second-order valence-corrected chi connectivity index (χ2v) is 13.6. The van der Waals surface area contributed by atoms with Crippen LogP contribution in [0, 0.1) is 0 Å². The van der Waals surface area contributed by atoms with Crippen LogP contribution in [0.25, 0.3) is 88.4 Å². The summed E-state index contributed by atoms with van der Waals surface area (Å²) in [6.07, 6.45) is 0. The van der Waals surface area contributed by atoms with Gasteiger partial charge in [0.2, 0.25) is 0 Å². The molecule has 1 aromatic heterocycles. The van der Waals surface area contributed by atoms with E-state index in [0.29, 0.717) is 17.5 Å². The lowest BCUT2D eigenvalue weighted by atomic mass is 9.82. The summed E-state index contributed by atoms with van der Waals surface area (Å²) in [4.78, 5) is 15.8. The molecule has 3 nitrogen and oxygen atoms in total. The molecule has 0 radical (unpaired) electrons. The first-order valence-electron chi connectivity index (χ1n) is 16.9. The minimum Gasteiger partial charge on any atom is -0.208 e. The number of rotatable bonds is 3. The predicted octanol–water partition coefficient (Wildman–Crippen LogP) is 11.8. The Hall–Kier alpha value is -6.19. The van der Waals surface area contributed by atoms with E-state index in [2.05, 4.69) is 147 Å². The Morgan fingerprint density at radius 3 is 1.59 bits per heavy atom. The topological polar surface area (TPSA) is 38.7 Å². The van der Waals surface area contributed by atoms with Gasteiger partial charge in [0.1, 0.15) is 0 Å². The van der Waals surface area contributed by atoms with Gasteiger partial charge in [-0.1, -0.05) is 159 Å². The molecule has 0 saturated heterocycles. The van der Waals surface area contributed by atoms with Crippen molar-refractivity contribution in [3.63, 3.8) is 0 Å². The summed E-state index contributed by atoms with van der Waals surface area (Å²) in [6.45, 7) is 4.62. The largest absolute Gasteiger partial charge is 0.208 e. The third-order valence-corrected chi connectivity index (χ3v) is 10.5. The standard InChI is InChI=1S/C46H31N3/c1-46(2)39-25-13-12-23-35(39)42-36(24-14-26-40(42)46)44-47-43(28-15-4-3-5-16-28)48-45(49-44)38-27-37-31-19-7-6-17-29(31)30-18-8-10-21-33(30)41(37)34-22-11-9-20-32(34)38/h3-27H,1-2H3. The van der Waals surface area contributed by atoms with Crippen molar-refractivity contribution in [2.24, 2.45) is 0 Å². The lowest BCUT2D eigenvalue weighted by Gasteiger charge is -2.21. The van der Waals surface area contributed by atoms with Crippen LogP contribution in [0.4, 0.5) is 0 Å². The highest BCUT2D eigenvalue weighted by molar-refractivity contribution is 6.32. The van der Waals surface area contributed by atoms with E-state index in [-0.39, 0.29) is 5.41 Å². The van der Waals surface area contributed by atoms with E-state index in [1.807, 2.05) is 18.2 Å². The Morgan fingerprint density at radius 1 is 0.367 bits per heavy atom. The fourth-order valence-electron chi connectivity index (χ4n) is 8.23. The van der Waals surface area contributed by atoms with Gasteiger partial charge in [-0.3, -0.25) is 0 Å². The van der Waals surface area contributed by atoms with Gasteiger partial charge in [0.15, 0.2) is 17.5 Å². The normalized spacial score (nSPS) is 13.3. The van der Waals surface area contributed by atoms with Crippen molar-refractivity contribution in [1.82, 2.24) is 15.0 Å². The zero-order chi connectivity index (χ0) is 32.7. The first-order chi connectivity index (χ1) is 24.1. The summed E-state index contributed by atoms with van der Waals surface area (Å²) >= 11 is 0. The highest BCUT2D eigenvalue weighted by atomic mass is 15.0. The molecule has 9 aromatic rings. The van der Waals surface area contributed by atoms with E-state index < -0.39 is 0 Å². The quantitative estimate of drug-likeness (QED) is 0.183. The van der Waals surface area contributed by atoms with Crippen LogP contribution in [0.15, 0.2) is 152 Å². The van der Waals surface area contributed by atoms with Crippen molar-refractivity contribution in [2.75, 3.05) is 0 Å². The van der Waals surface area contributed by atoms with Gasteiger partial charge in [-0.15, -0.1) is 0 Å². The fourth-order valence-corrected chi connectivity index (χ4v) is 8.23. The van der Waals surface area contributed by atoms with Crippen LogP contribution in [-0.4, -0.2) is 15.0 Å².